The van der Waals surface area contributed by atoms with Gasteiger partial charge in [-0.15, -0.1) is 0 Å². The molecule has 0 radical (unpaired) electrons. The molecule has 6 heteroatoms. The predicted octanol–water partition coefficient (Wildman–Crippen LogP) is 3.76. The molecule has 0 saturated carbocycles. The lowest BCUT2D eigenvalue weighted by molar-refractivity contribution is -0.131. The minimum Gasteiger partial charge on any atom is -0.478 e. The zero-order valence-electron chi connectivity index (χ0n) is 8.46. The van der Waals surface area contributed by atoms with Gasteiger partial charge in [-0.1, -0.05) is 23.7 Å². The van der Waals surface area contributed by atoms with E-state index in [0.717, 1.165) is 0 Å². The lowest BCUT2D eigenvalue weighted by atomic mass is 10.0. The molecule has 0 spiro atoms. The van der Waals surface area contributed by atoms with Gasteiger partial charge in [-0.2, -0.15) is 13.2 Å². The molecule has 0 amide bonds. The van der Waals surface area contributed by atoms with E-state index in [1.54, 1.807) is 0 Å². The molecular weight excluding hydrogens is 257 g/mol. The SMILES string of the molecule is O=C(O)/C=C(\CC(F)(F)F)c1cccc(Cl)c1. The molecule has 17 heavy (non-hydrogen) atoms. The van der Waals surface area contributed by atoms with E-state index in [4.69, 9.17) is 16.7 Å². The molecule has 0 saturated heterocycles. The predicted molar refractivity (Wildman–Crippen MR) is 57.7 cm³/mol. The second-order valence-electron chi connectivity index (χ2n) is 3.31. The number of halogens is 4. The van der Waals surface area contributed by atoms with Crippen LogP contribution in [-0.4, -0.2) is 17.3 Å². The maximum absolute atomic E-state index is 12.3. The summed E-state index contributed by atoms with van der Waals surface area (Å²) < 4.78 is 36.8. The number of aliphatic carboxylic acids is 1. The molecule has 0 heterocycles. The van der Waals surface area contributed by atoms with Gasteiger partial charge in [-0.25, -0.2) is 4.79 Å². The van der Waals surface area contributed by atoms with Crippen molar-refractivity contribution < 1.29 is 23.1 Å². The molecule has 0 aliphatic heterocycles. The van der Waals surface area contributed by atoms with Crippen LogP contribution in [-0.2, 0) is 4.79 Å². The lowest BCUT2D eigenvalue weighted by Gasteiger charge is -2.10. The van der Waals surface area contributed by atoms with E-state index < -0.39 is 18.6 Å². The van der Waals surface area contributed by atoms with Crippen LogP contribution in [0, 0.1) is 0 Å². The average molecular weight is 265 g/mol. The van der Waals surface area contributed by atoms with Gasteiger partial charge in [0.15, 0.2) is 0 Å². The first-order valence-electron chi connectivity index (χ1n) is 4.54. The zero-order chi connectivity index (χ0) is 13.1. The first-order chi connectivity index (χ1) is 7.78. The molecular formula is C11H8ClF3O2. The Morgan fingerprint density at radius 3 is 2.53 bits per heavy atom. The van der Waals surface area contributed by atoms with E-state index in [9.17, 15) is 18.0 Å². The van der Waals surface area contributed by atoms with Crippen molar-refractivity contribution in [3.05, 3.63) is 40.9 Å². The molecule has 0 unspecified atom stereocenters. The molecule has 0 fully saturated rings. The van der Waals surface area contributed by atoms with E-state index >= 15 is 0 Å². The number of carboxylic acid groups (broad SMARTS) is 1. The van der Waals surface area contributed by atoms with Crippen LogP contribution in [0.15, 0.2) is 30.3 Å². The standard InChI is InChI=1S/C11H8ClF3O2/c12-9-3-1-2-7(4-9)8(5-10(16)17)6-11(13,14)15/h1-5H,6H2,(H,16,17)/b8-5+. The highest BCUT2D eigenvalue weighted by atomic mass is 35.5. The Labute approximate surface area is 100 Å². The Bertz CT molecular complexity index is 452. The lowest BCUT2D eigenvalue weighted by Crippen LogP contribution is -2.09. The summed E-state index contributed by atoms with van der Waals surface area (Å²) in [5.74, 6) is -1.43. The van der Waals surface area contributed by atoms with E-state index in [1.165, 1.54) is 24.3 Å². The quantitative estimate of drug-likeness (QED) is 0.844. The van der Waals surface area contributed by atoms with E-state index in [0.29, 0.717) is 6.08 Å². The Morgan fingerprint density at radius 2 is 2.06 bits per heavy atom. The largest absolute Gasteiger partial charge is 0.478 e. The number of carbonyl (C=O) groups is 1. The maximum Gasteiger partial charge on any atom is 0.393 e. The highest BCUT2D eigenvalue weighted by Gasteiger charge is 2.29. The van der Waals surface area contributed by atoms with Gasteiger partial charge in [0.05, 0.1) is 6.42 Å². The van der Waals surface area contributed by atoms with Crippen LogP contribution in [0.3, 0.4) is 0 Å². The van der Waals surface area contributed by atoms with Crippen LogP contribution in [0.4, 0.5) is 13.2 Å². The van der Waals surface area contributed by atoms with Crippen molar-refractivity contribution in [2.45, 2.75) is 12.6 Å². The molecule has 2 nitrogen and oxygen atoms in total. The highest BCUT2D eigenvalue weighted by Crippen LogP contribution is 2.31. The van der Waals surface area contributed by atoms with Gasteiger partial charge in [0.25, 0.3) is 0 Å². The van der Waals surface area contributed by atoms with Crippen molar-refractivity contribution in [2.75, 3.05) is 0 Å². The topological polar surface area (TPSA) is 37.3 Å². The van der Waals surface area contributed by atoms with Gasteiger partial charge in [0, 0.05) is 11.1 Å². The maximum atomic E-state index is 12.3. The van der Waals surface area contributed by atoms with E-state index in [-0.39, 0.29) is 16.2 Å². The van der Waals surface area contributed by atoms with Gasteiger partial charge in [-0.05, 0) is 23.3 Å². The summed E-state index contributed by atoms with van der Waals surface area (Å²) in [6.07, 6.45) is -5.23. The van der Waals surface area contributed by atoms with Gasteiger partial charge >= 0.3 is 12.1 Å². The molecule has 1 aromatic carbocycles. The van der Waals surface area contributed by atoms with Crippen LogP contribution in [0.5, 0.6) is 0 Å². The molecule has 0 aliphatic rings. The summed E-state index contributed by atoms with van der Waals surface area (Å²) in [6.45, 7) is 0. The van der Waals surface area contributed by atoms with Crippen molar-refractivity contribution in [1.82, 2.24) is 0 Å². The summed E-state index contributed by atoms with van der Waals surface area (Å²) in [6, 6.07) is 5.63. The van der Waals surface area contributed by atoms with E-state index in [1.807, 2.05) is 0 Å². The Morgan fingerprint density at radius 1 is 1.41 bits per heavy atom. The number of allylic oxidation sites excluding steroid dienone is 1. The van der Waals surface area contributed by atoms with Gasteiger partial charge in [0.1, 0.15) is 0 Å². The molecule has 0 aromatic heterocycles. The fourth-order valence-electron chi connectivity index (χ4n) is 1.29. The first-order valence-corrected chi connectivity index (χ1v) is 4.92. The van der Waals surface area contributed by atoms with Crippen LogP contribution >= 0.6 is 11.6 Å². The van der Waals surface area contributed by atoms with Gasteiger partial charge in [-0.3, -0.25) is 0 Å². The fraction of sp³-hybridized carbons (Fsp3) is 0.182. The third-order valence-electron chi connectivity index (χ3n) is 1.88. The molecule has 0 aliphatic carbocycles. The number of carboxylic acids is 1. The second-order valence-corrected chi connectivity index (χ2v) is 3.75. The molecule has 0 atom stereocenters. The summed E-state index contributed by atoms with van der Waals surface area (Å²) in [5.41, 5.74) is -0.176. The second kappa shape index (κ2) is 5.23. The number of hydrogen-bond donors (Lipinski definition) is 1. The van der Waals surface area contributed by atoms with E-state index in [2.05, 4.69) is 0 Å². The monoisotopic (exact) mass is 264 g/mol. The normalized spacial score (nSPS) is 12.6. The minimum atomic E-state index is -4.47. The van der Waals surface area contributed by atoms with Crippen molar-refractivity contribution in [3.63, 3.8) is 0 Å². The Kier molecular flexibility index (Phi) is 4.17. The molecule has 0 bridgehead atoms. The summed E-state index contributed by atoms with van der Waals surface area (Å²) >= 11 is 5.64. The van der Waals surface area contributed by atoms with Crippen molar-refractivity contribution >= 4 is 23.1 Å². The Hall–Kier alpha value is -1.49. The first kappa shape index (κ1) is 13.6. The number of benzene rings is 1. The summed E-state index contributed by atoms with van der Waals surface area (Å²) in [7, 11) is 0. The fourth-order valence-corrected chi connectivity index (χ4v) is 1.48. The van der Waals surface area contributed by atoms with Crippen LogP contribution < -0.4 is 0 Å². The van der Waals surface area contributed by atoms with Crippen LogP contribution in [0.25, 0.3) is 5.57 Å². The third kappa shape index (κ3) is 4.91. The van der Waals surface area contributed by atoms with Crippen LogP contribution in [0.2, 0.25) is 5.02 Å². The van der Waals surface area contributed by atoms with Gasteiger partial charge < -0.3 is 5.11 Å². The number of rotatable bonds is 3. The van der Waals surface area contributed by atoms with Crippen molar-refractivity contribution in [1.29, 1.82) is 0 Å². The molecule has 92 valence electrons. The zero-order valence-corrected chi connectivity index (χ0v) is 9.22. The summed E-state index contributed by atoms with van der Waals surface area (Å²) in [5, 5.41) is 8.79. The van der Waals surface area contributed by atoms with Crippen LogP contribution in [0.1, 0.15) is 12.0 Å². The number of hydrogen-bond acceptors (Lipinski definition) is 1. The van der Waals surface area contributed by atoms with Gasteiger partial charge in [0.2, 0.25) is 0 Å². The highest BCUT2D eigenvalue weighted by molar-refractivity contribution is 6.30. The smallest absolute Gasteiger partial charge is 0.393 e. The summed E-state index contributed by atoms with van der Waals surface area (Å²) in [4.78, 5) is 10.5. The molecule has 1 aromatic rings. The third-order valence-corrected chi connectivity index (χ3v) is 2.12. The van der Waals surface area contributed by atoms with Crippen molar-refractivity contribution in [3.8, 4) is 0 Å². The molecule has 1 N–H and O–H groups in total. The average Bonchev–Trinajstić information content (AvgIpc) is 2.13. The number of alkyl halides is 3. The van der Waals surface area contributed by atoms with Crippen molar-refractivity contribution in [2.24, 2.45) is 0 Å². The minimum absolute atomic E-state index is 0.150. The molecule has 1 rings (SSSR count). The Balaban J connectivity index is 3.12.